The van der Waals surface area contributed by atoms with Gasteiger partial charge in [-0.05, 0) is 143 Å². The first kappa shape index (κ1) is 43.9. The second kappa shape index (κ2) is 18.3. The third-order valence-corrected chi connectivity index (χ3v) is 15.6. The summed E-state index contributed by atoms with van der Waals surface area (Å²) in [5.74, 6) is 0. The summed E-state index contributed by atoms with van der Waals surface area (Å²) >= 11 is 0. The molecular weight excluding hydrogens is 879 g/mol. The predicted octanol–water partition coefficient (Wildman–Crippen LogP) is 18.8. The Balaban J connectivity index is 0.902. The first-order valence-electron chi connectivity index (χ1n) is 25.5. The molecule has 0 saturated heterocycles. The van der Waals surface area contributed by atoms with E-state index in [-0.39, 0.29) is 5.41 Å². The van der Waals surface area contributed by atoms with Crippen molar-refractivity contribution in [2.24, 2.45) is 0 Å². The summed E-state index contributed by atoms with van der Waals surface area (Å²) in [5, 5.41) is 2.52. The van der Waals surface area contributed by atoms with Crippen LogP contribution in [0, 0.1) is 0 Å². The molecule has 0 aromatic heterocycles. The molecule has 346 valence electrons. The third-order valence-electron chi connectivity index (χ3n) is 15.6. The summed E-state index contributed by atoms with van der Waals surface area (Å²) in [6.07, 6.45) is 8.09. The molecule has 2 aliphatic carbocycles. The van der Waals surface area contributed by atoms with Crippen molar-refractivity contribution in [3.05, 3.63) is 325 Å². The minimum Gasteiger partial charge on any atom is -0.311 e. The quantitative estimate of drug-likeness (QED) is 0.132. The summed E-state index contributed by atoms with van der Waals surface area (Å²) < 4.78 is 0. The molecule has 0 spiro atoms. The lowest BCUT2D eigenvalue weighted by Gasteiger charge is -2.36. The van der Waals surface area contributed by atoms with Crippen molar-refractivity contribution in [1.82, 2.24) is 0 Å². The maximum atomic E-state index is 2.49. The number of hydrogen-bond acceptors (Lipinski definition) is 1. The molecule has 11 aromatic carbocycles. The number of allylic oxidation sites excluding steroid dienone is 3. The predicted molar refractivity (Wildman–Crippen MR) is 307 cm³/mol. The zero-order chi connectivity index (χ0) is 48.8. The van der Waals surface area contributed by atoms with E-state index in [9.17, 15) is 0 Å². The highest BCUT2D eigenvalue weighted by Gasteiger charge is 2.46. The van der Waals surface area contributed by atoms with E-state index in [0.29, 0.717) is 0 Å². The molecule has 1 nitrogen and oxygen atoms in total. The summed E-state index contributed by atoms with van der Waals surface area (Å²) in [6.45, 7) is 2.37. The summed E-state index contributed by atoms with van der Waals surface area (Å²) in [6, 6.07) is 101. The molecule has 0 saturated carbocycles. The van der Waals surface area contributed by atoms with E-state index in [1.165, 1.54) is 94.2 Å². The van der Waals surface area contributed by atoms with E-state index in [4.69, 9.17) is 0 Å². The Hall–Kier alpha value is -9.04. The van der Waals surface area contributed by atoms with Crippen molar-refractivity contribution in [2.75, 3.05) is 4.90 Å². The van der Waals surface area contributed by atoms with Crippen LogP contribution < -0.4 is 4.90 Å². The van der Waals surface area contributed by atoms with Gasteiger partial charge in [0.15, 0.2) is 0 Å². The van der Waals surface area contributed by atoms with E-state index in [2.05, 4.69) is 303 Å². The fourth-order valence-electron chi connectivity index (χ4n) is 11.8. The van der Waals surface area contributed by atoms with Crippen LogP contribution >= 0.6 is 0 Å². The van der Waals surface area contributed by atoms with Crippen LogP contribution in [-0.2, 0) is 10.8 Å². The van der Waals surface area contributed by atoms with Crippen LogP contribution in [0.15, 0.2) is 297 Å². The molecule has 0 bridgehead atoms. The average Bonchev–Trinajstić information content (AvgIpc) is 3.77. The Morgan fingerprint density at radius 3 is 1.58 bits per heavy atom. The fourth-order valence-corrected chi connectivity index (χ4v) is 11.8. The topological polar surface area (TPSA) is 3.24 Å². The van der Waals surface area contributed by atoms with Crippen LogP contribution in [-0.4, -0.2) is 0 Å². The van der Waals surface area contributed by atoms with E-state index in [1.807, 2.05) is 0 Å². The van der Waals surface area contributed by atoms with Gasteiger partial charge in [0.05, 0.1) is 5.41 Å². The van der Waals surface area contributed by atoms with Gasteiger partial charge in [0.1, 0.15) is 0 Å². The molecular formula is C72H53N. The van der Waals surface area contributed by atoms with Crippen molar-refractivity contribution in [3.8, 4) is 55.6 Å². The smallest absolute Gasteiger partial charge is 0.0714 e. The molecule has 1 heteroatoms. The molecule has 1 unspecified atom stereocenters. The molecule has 0 fully saturated rings. The van der Waals surface area contributed by atoms with Gasteiger partial charge in [0.2, 0.25) is 0 Å². The standard InChI is InChI=1S/C72H53N/c1-71(59-39-37-52(38-40-59)55-23-17-24-56(47-55)57-36-35-51-19-11-12-22-54(51)48-57)45-43-62(44-46-71)73(63-30-18-25-58(49-63)66-32-14-13-31-65(66)53-20-5-2-6-21-53)64-41-42-68-67-33-15-16-34-69(67)72(70(68)50-64,60-26-7-3-8-27-60)61-28-9-4-10-29-61/h2-45,47-50H,46H2,1H3. The molecule has 0 amide bonds. The van der Waals surface area contributed by atoms with E-state index < -0.39 is 5.41 Å². The molecule has 0 radical (unpaired) electrons. The minimum atomic E-state index is -0.522. The van der Waals surface area contributed by atoms with Gasteiger partial charge in [-0.3, -0.25) is 0 Å². The van der Waals surface area contributed by atoms with Gasteiger partial charge in [0, 0.05) is 22.5 Å². The van der Waals surface area contributed by atoms with Gasteiger partial charge in [-0.25, -0.2) is 0 Å². The van der Waals surface area contributed by atoms with Gasteiger partial charge >= 0.3 is 0 Å². The van der Waals surface area contributed by atoms with Gasteiger partial charge < -0.3 is 4.90 Å². The van der Waals surface area contributed by atoms with E-state index in [1.54, 1.807) is 0 Å². The molecule has 11 aromatic rings. The third kappa shape index (κ3) is 7.73. The van der Waals surface area contributed by atoms with Crippen LogP contribution in [0.25, 0.3) is 66.4 Å². The van der Waals surface area contributed by atoms with Gasteiger partial charge in [-0.2, -0.15) is 0 Å². The molecule has 0 N–H and O–H groups in total. The molecule has 0 aliphatic heterocycles. The van der Waals surface area contributed by atoms with Gasteiger partial charge in [-0.1, -0.05) is 256 Å². The van der Waals surface area contributed by atoms with Gasteiger partial charge in [-0.15, -0.1) is 0 Å². The normalized spacial score (nSPS) is 15.3. The SMILES string of the molecule is CC1(c2ccc(-c3cccc(-c4ccc5ccccc5c4)c3)cc2)C=CC(N(c2cccc(-c3ccccc3-c3ccccc3)c2)c2ccc3c(c2)C(c2ccccc2)(c2ccccc2)c2ccccc2-3)=CC1. The Morgan fingerprint density at radius 2 is 0.863 bits per heavy atom. The number of fused-ring (bicyclic) bond motifs is 4. The number of anilines is 2. The number of benzene rings is 11. The Labute approximate surface area is 429 Å². The summed E-state index contributed by atoms with van der Waals surface area (Å²) in [5.41, 5.74) is 21.3. The highest BCUT2D eigenvalue weighted by atomic mass is 15.1. The van der Waals surface area contributed by atoms with Crippen LogP contribution in [0.4, 0.5) is 11.4 Å². The number of rotatable bonds is 10. The maximum Gasteiger partial charge on any atom is 0.0714 e. The van der Waals surface area contributed by atoms with Gasteiger partial charge in [0.25, 0.3) is 0 Å². The fraction of sp³-hybridized carbons (Fsp3) is 0.0556. The van der Waals surface area contributed by atoms with Crippen molar-refractivity contribution in [2.45, 2.75) is 24.2 Å². The lowest BCUT2D eigenvalue weighted by Crippen LogP contribution is -2.29. The zero-order valence-corrected chi connectivity index (χ0v) is 40.9. The van der Waals surface area contributed by atoms with E-state index >= 15 is 0 Å². The van der Waals surface area contributed by atoms with Crippen molar-refractivity contribution < 1.29 is 0 Å². The maximum absolute atomic E-state index is 2.49. The first-order chi connectivity index (χ1) is 36.0. The molecule has 73 heavy (non-hydrogen) atoms. The Kier molecular flexibility index (Phi) is 11.0. The first-order valence-corrected chi connectivity index (χ1v) is 25.5. The van der Waals surface area contributed by atoms with Crippen LogP contribution in [0.3, 0.4) is 0 Å². The second-order valence-corrected chi connectivity index (χ2v) is 19.9. The monoisotopic (exact) mass is 931 g/mol. The molecule has 1 atom stereocenters. The Bertz CT molecular complexity index is 3840. The zero-order valence-electron chi connectivity index (χ0n) is 40.9. The lowest BCUT2D eigenvalue weighted by atomic mass is 9.67. The minimum absolute atomic E-state index is 0.202. The molecule has 13 rings (SSSR count). The highest BCUT2D eigenvalue weighted by molar-refractivity contribution is 5.91. The largest absolute Gasteiger partial charge is 0.311 e. The number of nitrogens with zero attached hydrogens (tertiary/aromatic N) is 1. The van der Waals surface area contributed by atoms with Crippen LogP contribution in [0.5, 0.6) is 0 Å². The van der Waals surface area contributed by atoms with Crippen LogP contribution in [0.1, 0.15) is 41.2 Å². The molecule has 0 heterocycles. The van der Waals surface area contributed by atoms with Crippen molar-refractivity contribution in [1.29, 1.82) is 0 Å². The molecule has 2 aliphatic rings. The Morgan fingerprint density at radius 1 is 0.329 bits per heavy atom. The van der Waals surface area contributed by atoms with Crippen LogP contribution in [0.2, 0.25) is 0 Å². The van der Waals surface area contributed by atoms with Crippen molar-refractivity contribution in [3.63, 3.8) is 0 Å². The summed E-state index contributed by atoms with van der Waals surface area (Å²) in [7, 11) is 0. The lowest BCUT2D eigenvalue weighted by molar-refractivity contribution is 0.595. The summed E-state index contributed by atoms with van der Waals surface area (Å²) in [4.78, 5) is 2.49. The average molecular weight is 932 g/mol. The van der Waals surface area contributed by atoms with E-state index in [0.717, 1.165) is 23.5 Å². The second-order valence-electron chi connectivity index (χ2n) is 19.9. The highest BCUT2D eigenvalue weighted by Crippen LogP contribution is 2.57. The van der Waals surface area contributed by atoms with Crippen molar-refractivity contribution >= 4 is 22.1 Å². The number of hydrogen-bond donors (Lipinski definition) is 0.